The van der Waals surface area contributed by atoms with Crippen LogP contribution in [-0.2, 0) is 6.42 Å². The Bertz CT molecular complexity index is 356. The van der Waals surface area contributed by atoms with Crippen molar-refractivity contribution in [3.8, 4) is 0 Å². The Kier molecular flexibility index (Phi) is 4.98. The molecule has 1 aliphatic carbocycles. The number of hydrogen-bond acceptors (Lipinski definition) is 4. The van der Waals surface area contributed by atoms with E-state index >= 15 is 0 Å². The SMILES string of the molecule is CC(C)Cc1nnc(NC(C)C2CCCCC2)s1. The summed E-state index contributed by atoms with van der Waals surface area (Å²) in [7, 11) is 0. The van der Waals surface area contributed by atoms with E-state index in [0.717, 1.165) is 22.5 Å². The van der Waals surface area contributed by atoms with Gasteiger partial charge in [-0.05, 0) is 31.6 Å². The molecule has 0 saturated heterocycles. The van der Waals surface area contributed by atoms with Crippen molar-refractivity contribution >= 4 is 16.5 Å². The summed E-state index contributed by atoms with van der Waals surface area (Å²) in [5, 5.41) is 14.2. The molecule has 3 nitrogen and oxygen atoms in total. The average molecular weight is 267 g/mol. The Balaban J connectivity index is 1.86. The lowest BCUT2D eigenvalue weighted by molar-refractivity contribution is 0.328. The fourth-order valence-corrected chi connectivity index (χ4v) is 3.74. The molecule has 1 heterocycles. The first-order valence-electron chi connectivity index (χ1n) is 7.24. The van der Waals surface area contributed by atoms with Crippen molar-refractivity contribution < 1.29 is 0 Å². The van der Waals surface area contributed by atoms with Crippen LogP contribution in [0.5, 0.6) is 0 Å². The molecule has 1 N–H and O–H groups in total. The number of aromatic nitrogens is 2. The highest BCUT2D eigenvalue weighted by atomic mass is 32.1. The topological polar surface area (TPSA) is 37.8 Å². The first-order chi connectivity index (χ1) is 8.65. The molecule has 0 spiro atoms. The molecule has 4 heteroatoms. The van der Waals surface area contributed by atoms with Crippen LogP contribution in [0, 0.1) is 11.8 Å². The van der Waals surface area contributed by atoms with Crippen LogP contribution in [-0.4, -0.2) is 16.2 Å². The average Bonchev–Trinajstić information content (AvgIpc) is 2.76. The van der Waals surface area contributed by atoms with E-state index in [1.165, 1.54) is 32.1 Å². The Morgan fingerprint density at radius 1 is 1.17 bits per heavy atom. The zero-order valence-corrected chi connectivity index (χ0v) is 12.6. The van der Waals surface area contributed by atoms with Gasteiger partial charge >= 0.3 is 0 Å². The van der Waals surface area contributed by atoms with Crippen LogP contribution >= 0.6 is 11.3 Å². The van der Waals surface area contributed by atoms with E-state index in [9.17, 15) is 0 Å². The van der Waals surface area contributed by atoms with Gasteiger partial charge in [0.2, 0.25) is 5.13 Å². The van der Waals surface area contributed by atoms with Gasteiger partial charge in [0.05, 0.1) is 0 Å². The molecule has 1 aromatic rings. The number of nitrogens with zero attached hydrogens (tertiary/aromatic N) is 2. The van der Waals surface area contributed by atoms with Gasteiger partial charge in [-0.3, -0.25) is 0 Å². The minimum atomic E-state index is 0.533. The van der Waals surface area contributed by atoms with Crippen molar-refractivity contribution in [3.05, 3.63) is 5.01 Å². The first-order valence-corrected chi connectivity index (χ1v) is 8.05. The Morgan fingerprint density at radius 3 is 2.56 bits per heavy atom. The molecule has 0 radical (unpaired) electrons. The highest BCUT2D eigenvalue weighted by molar-refractivity contribution is 7.15. The summed E-state index contributed by atoms with van der Waals surface area (Å²) in [6.07, 6.45) is 7.98. The third-order valence-electron chi connectivity index (χ3n) is 3.76. The standard InChI is InChI=1S/C14H25N3S/c1-10(2)9-13-16-17-14(18-13)15-11(3)12-7-5-4-6-8-12/h10-12H,4-9H2,1-3H3,(H,15,17). The highest BCUT2D eigenvalue weighted by Crippen LogP contribution is 2.28. The van der Waals surface area contributed by atoms with Crippen molar-refractivity contribution in [2.75, 3.05) is 5.32 Å². The maximum absolute atomic E-state index is 4.26. The van der Waals surface area contributed by atoms with Crippen LogP contribution in [0.4, 0.5) is 5.13 Å². The molecule has 1 saturated carbocycles. The number of nitrogens with one attached hydrogen (secondary N) is 1. The van der Waals surface area contributed by atoms with E-state index in [4.69, 9.17) is 0 Å². The number of hydrogen-bond donors (Lipinski definition) is 1. The van der Waals surface area contributed by atoms with Gasteiger partial charge in [-0.15, -0.1) is 10.2 Å². The Labute approximate surface area is 114 Å². The molecule has 1 fully saturated rings. The van der Waals surface area contributed by atoms with Gasteiger partial charge in [-0.25, -0.2) is 0 Å². The molecule has 0 aliphatic heterocycles. The van der Waals surface area contributed by atoms with E-state index < -0.39 is 0 Å². The van der Waals surface area contributed by atoms with Crippen LogP contribution in [0.3, 0.4) is 0 Å². The van der Waals surface area contributed by atoms with Crippen LogP contribution in [0.2, 0.25) is 0 Å². The Morgan fingerprint density at radius 2 is 1.89 bits per heavy atom. The molecule has 0 bridgehead atoms. The van der Waals surface area contributed by atoms with Gasteiger partial charge in [0.1, 0.15) is 5.01 Å². The monoisotopic (exact) mass is 267 g/mol. The van der Waals surface area contributed by atoms with E-state index in [0.29, 0.717) is 12.0 Å². The van der Waals surface area contributed by atoms with Crippen molar-refractivity contribution in [3.63, 3.8) is 0 Å². The van der Waals surface area contributed by atoms with E-state index in [1.807, 2.05) is 0 Å². The fourth-order valence-electron chi connectivity index (χ4n) is 2.69. The van der Waals surface area contributed by atoms with Gasteiger partial charge < -0.3 is 5.32 Å². The largest absolute Gasteiger partial charge is 0.357 e. The van der Waals surface area contributed by atoms with Gasteiger partial charge in [-0.2, -0.15) is 0 Å². The number of anilines is 1. The molecule has 0 amide bonds. The molecule has 1 aromatic heterocycles. The summed E-state index contributed by atoms with van der Waals surface area (Å²) in [5.41, 5.74) is 0. The smallest absolute Gasteiger partial charge is 0.205 e. The van der Waals surface area contributed by atoms with Crippen molar-refractivity contribution in [1.82, 2.24) is 10.2 Å². The van der Waals surface area contributed by atoms with Crippen LogP contribution < -0.4 is 5.32 Å². The zero-order chi connectivity index (χ0) is 13.0. The molecule has 1 unspecified atom stereocenters. The summed E-state index contributed by atoms with van der Waals surface area (Å²) < 4.78 is 0. The predicted octanol–water partition coefficient (Wildman–Crippen LogP) is 4.12. The molecule has 1 aliphatic rings. The summed E-state index contributed by atoms with van der Waals surface area (Å²) in [6, 6.07) is 0.533. The maximum Gasteiger partial charge on any atom is 0.205 e. The predicted molar refractivity (Wildman–Crippen MR) is 78.1 cm³/mol. The summed E-state index contributed by atoms with van der Waals surface area (Å²) in [6.45, 7) is 6.73. The van der Waals surface area contributed by atoms with E-state index in [2.05, 4.69) is 36.3 Å². The van der Waals surface area contributed by atoms with E-state index in [-0.39, 0.29) is 0 Å². The lowest BCUT2D eigenvalue weighted by Crippen LogP contribution is -2.27. The molecule has 1 atom stereocenters. The zero-order valence-electron chi connectivity index (χ0n) is 11.8. The molecule has 2 rings (SSSR count). The maximum atomic E-state index is 4.26. The van der Waals surface area contributed by atoms with Gasteiger partial charge in [0.15, 0.2) is 0 Å². The molecule has 18 heavy (non-hydrogen) atoms. The fraction of sp³-hybridized carbons (Fsp3) is 0.857. The molecule has 0 aromatic carbocycles. The highest BCUT2D eigenvalue weighted by Gasteiger charge is 2.20. The normalized spacial score (nSPS) is 19.1. The molecular formula is C14H25N3S. The quantitative estimate of drug-likeness (QED) is 0.872. The summed E-state index contributed by atoms with van der Waals surface area (Å²) in [4.78, 5) is 0. The second-order valence-corrected chi connectivity index (χ2v) is 6.99. The first kappa shape index (κ1) is 13.8. The molecular weight excluding hydrogens is 242 g/mol. The van der Waals surface area contributed by atoms with Crippen molar-refractivity contribution in [2.24, 2.45) is 11.8 Å². The second kappa shape index (κ2) is 6.50. The van der Waals surface area contributed by atoms with Gasteiger partial charge in [0.25, 0.3) is 0 Å². The van der Waals surface area contributed by atoms with Gasteiger partial charge in [-0.1, -0.05) is 44.4 Å². The number of rotatable bonds is 5. The minimum absolute atomic E-state index is 0.533. The van der Waals surface area contributed by atoms with Crippen molar-refractivity contribution in [2.45, 2.75) is 65.3 Å². The second-order valence-electron chi connectivity index (χ2n) is 5.93. The Hall–Kier alpha value is -0.640. The third-order valence-corrected chi connectivity index (χ3v) is 4.63. The summed E-state index contributed by atoms with van der Waals surface area (Å²) >= 11 is 1.72. The van der Waals surface area contributed by atoms with Gasteiger partial charge in [0, 0.05) is 12.5 Å². The minimum Gasteiger partial charge on any atom is -0.357 e. The third kappa shape index (κ3) is 3.94. The molecule has 102 valence electrons. The summed E-state index contributed by atoms with van der Waals surface area (Å²) in [5.74, 6) is 1.47. The van der Waals surface area contributed by atoms with Crippen LogP contribution in [0.15, 0.2) is 0 Å². The van der Waals surface area contributed by atoms with E-state index in [1.54, 1.807) is 11.3 Å². The lowest BCUT2D eigenvalue weighted by Gasteiger charge is -2.27. The van der Waals surface area contributed by atoms with Crippen LogP contribution in [0.1, 0.15) is 57.9 Å². The lowest BCUT2D eigenvalue weighted by atomic mass is 9.85. The van der Waals surface area contributed by atoms with Crippen LogP contribution in [0.25, 0.3) is 0 Å². The van der Waals surface area contributed by atoms with Crippen molar-refractivity contribution in [1.29, 1.82) is 0 Å².